The van der Waals surface area contributed by atoms with Gasteiger partial charge in [-0.1, -0.05) is 42.5 Å². The van der Waals surface area contributed by atoms with E-state index in [1.54, 1.807) is 17.0 Å². The molecule has 1 amide bonds. The van der Waals surface area contributed by atoms with Gasteiger partial charge in [0.05, 0.1) is 10.8 Å². The van der Waals surface area contributed by atoms with E-state index in [1.165, 1.54) is 12.1 Å². The standard InChI is InChI=1S/C18H18N2O3/c1-12-16(13-6-4-3-5-7-13)17(18(21)19(12)2)14-8-10-15(11-9-14)20(22)23/h3-12,16-17H,1-2H3/t12-,16+,17?/m0/s1. The molecule has 0 aromatic heterocycles. The largest absolute Gasteiger partial charge is 0.342 e. The van der Waals surface area contributed by atoms with Crippen molar-refractivity contribution in [3.05, 3.63) is 75.8 Å². The SMILES string of the molecule is C[C@H]1[C@H](c2ccccc2)C(c2ccc([N+](=O)[O-])cc2)C(=O)N1C. The zero-order valence-corrected chi connectivity index (χ0v) is 13.0. The molecule has 3 rings (SSSR count). The smallest absolute Gasteiger partial charge is 0.269 e. The highest BCUT2D eigenvalue weighted by atomic mass is 16.6. The van der Waals surface area contributed by atoms with Crippen molar-refractivity contribution in [3.8, 4) is 0 Å². The van der Waals surface area contributed by atoms with Crippen LogP contribution >= 0.6 is 0 Å². The van der Waals surface area contributed by atoms with Gasteiger partial charge in [-0.2, -0.15) is 0 Å². The van der Waals surface area contributed by atoms with Crippen LogP contribution in [0.5, 0.6) is 0 Å². The van der Waals surface area contributed by atoms with Gasteiger partial charge in [0.1, 0.15) is 0 Å². The molecule has 0 radical (unpaired) electrons. The van der Waals surface area contributed by atoms with E-state index in [4.69, 9.17) is 0 Å². The maximum atomic E-state index is 12.7. The van der Waals surface area contributed by atoms with Crippen LogP contribution < -0.4 is 0 Å². The van der Waals surface area contributed by atoms with Gasteiger partial charge in [0.15, 0.2) is 0 Å². The number of nitro benzene ring substituents is 1. The highest BCUT2D eigenvalue weighted by Gasteiger charge is 2.45. The minimum Gasteiger partial charge on any atom is -0.342 e. The van der Waals surface area contributed by atoms with Gasteiger partial charge in [-0.3, -0.25) is 14.9 Å². The molecule has 118 valence electrons. The van der Waals surface area contributed by atoms with Gasteiger partial charge in [-0.25, -0.2) is 0 Å². The van der Waals surface area contributed by atoms with Crippen LogP contribution in [0.25, 0.3) is 0 Å². The van der Waals surface area contributed by atoms with E-state index >= 15 is 0 Å². The maximum absolute atomic E-state index is 12.7. The molecular formula is C18H18N2O3. The number of amides is 1. The molecule has 1 aliphatic rings. The predicted molar refractivity (Wildman–Crippen MR) is 87.3 cm³/mol. The molecule has 2 aromatic rings. The van der Waals surface area contributed by atoms with Gasteiger partial charge < -0.3 is 4.90 Å². The first-order chi connectivity index (χ1) is 11.0. The summed E-state index contributed by atoms with van der Waals surface area (Å²) >= 11 is 0. The van der Waals surface area contributed by atoms with Crippen LogP contribution in [-0.2, 0) is 4.79 Å². The molecule has 23 heavy (non-hydrogen) atoms. The van der Waals surface area contributed by atoms with E-state index in [9.17, 15) is 14.9 Å². The number of nitro groups is 1. The van der Waals surface area contributed by atoms with Crippen LogP contribution in [0.15, 0.2) is 54.6 Å². The average Bonchev–Trinajstić information content (AvgIpc) is 2.80. The summed E-state index contributed by atoms with van der Waals surface area (Å²) < 4.78 is 0. The Morgan fingerprint density at radius 2 is 1.61 bits per heavy atom. The van der Waals surface area contributed by atoms with Crippen LogP contribution in [0.2, 0.25) is 0 Å². The number of benzene rings is 2. The lowest BCUT2D eigenvalue weighted by molar-refractivity contribution is -0.384. The third kappa shape index (κ3) is 2.59. The van der Waals surface area contributed by atoms with Crippen LogP contribution in [-0.4, -0.2) is 28.8 Å². The number of rotatable bonds is 3. The van der Waals surface area contributed by atoms with Crippen molar-refractivity contribution >= 4 is 11.6 Å². The average molecular weight is 310 g/mol. The van der Waals surface area contributed by atoms with Gasteiger partial charge in [0.25, 0.3) is 5.69 Å². The first kappa shape index (κ1) is 15.2. The fraction of sp³-hybridized carbons (Fsp3) is 0.278. The summed E-state index contributed by atoms with van der Waals surface area (Å²) in [6.45, 7) is 2.04. The number of carbonyl (C=O) groups is 1. The Morgan fingerprint density at radius 1 is 1.00 bits per heavy atom. The molecule has 1 heterocycles. The zero-order valence-electron chi connectivity index (χ0n) is 13.0. The van der Waals surface area contributed by atoms with E-state index in [0.717, 1.165) is 11.1 Å². The molecule has 5 heteroatoms. The molecule has 1 saturated heterocycles. The molecule has 1 aliphatic heterocycles. The zero-order chi connectivity index (χ0) is 16.6. The van der Waals surface area contributed by atoms with Gasteiger partial charge >= 0.3 is 0 Å². The number of hydrogen-bond acceptors (Lipinski definition) is 3. The van der Waals surface area contributed by atoms with Crippen molar-refractivity contribution < 1.29 is 9.72 Å². The first-order valence-electron chi connectivity index (χ1n) is 7.56. The molecular weight excluding hydrogens is 292 g/mol. The Hall–Kier alpha value is -2.69. The summed E-state index contributed by atoms with van der Waals surface area (Å²) in [5, 5.41) is 10.8. The second-order valence-electron chi connectivity index (χ2n) is 5.95. The Morgan fingerprint density at radius 3 is 2.17 bits per heavy atom. The summed E-state index contributed by atoms with van der Waals surface area (Å²) in [5.41, 5.74) is 1.98. The molecule has 3 atom stereocenters. The highest BCUT2D eigenvalue weighted by molar-refractivity contribution is 5.88. The second-order valence-corrected chi connectivity index (χ2v) is 5.95. The third-order valence-corrected chi connectivity index (χ3v) is 4.75. The van der Waals surface area contributed by atoms with Crippen molar-refractivity contribution in [2.75, 3.05) is 7.05 Å². The molecule has 0 spiro atoms. The van der Waals surface area contributed by atoms with Crippen molar-refractivity contribution in [3.63, 3.8) is 0 Å². The van der Waals surface area contributed by atoms with E-state index in [-0.39, 0.29) is 29.5 Å². The van der Waals surface area contributed by atoms with Crippen LogP contribution in [0.4, 0.5) is 5.69 Å². The lowest BCUT2D eigenvalue weighted by Gasteiger charge is -2.22. The highest BCUT2D eigenvalue weighted by Crippen LogP contribution is 2.44. The Bertz CT molecular complexity index is 728. The van der Waals surface area contributed by atoms with Gasteiger partial charge in [0, 0.05) is 31.1 Å². The summed E-state index contributed by atoms with van der Waals surface area (Å²) in [7, 11) is 1.81. The van der Waals surface area contributed by atoms with Crippen LogP contribution in [0.1, 0.15) is 29.9 Å². The van der Waals surface area contributed by atoms with Crippen LogP contribution in [0, 0.1) is 10.1 Å². The molecule has 0 aliphatic carbocycles. The number of carbonyl (C=O) groups excluding carboxylic acids is 1. The van der Waals surface area contributed by atoms with Gasteiger partial charge in [0.2, 0.25) is 5.91 Å². The first-order valence-corrected chi connectivity index (χ1v) is 7.56. The van der Waals surface area contributed by atoms with Gasteiger partial charge in [-0.15, -0.1) is 0 Å². The van der Waals surface area contributed by atoms with E-state index in [1.807, 2.05) is 44.3 Å². The minimum atomic E-state index is -0.427. The molecule has 0 saturated carbocycles. The number of likely N-dealkylation sites (N-methyl/N-ethyl adjacent to an activating group) is 1. The molecule has 0 bridgehead atoms. The van der Waals surface area contributed by atoms with Crippen LogP contribution in [0.3, 0.4) is 0 Å². The summed E-state index contributed by atoms with van der Waals surface area (Å²) in [4.78, 5) is 24.9. The summed E-state index contributed by atoms with van der Waals surface area (Å²) in [6.07, 6.45) is 0. The number of nitrogens with zero attached hydrogens (tertiary/aromatic N) is 2. The normalized spacial score (nSPS) is 24.0. The molecule has 0 N–H and O–H groups in total. The maximum Gasteiger partial charge on any atom is 0.269 e. The number of non-ortho nitro benzene ring substituents is 1. The Kier molecular flexibility index (Phi) is 3.86. The fourth-order valence-corrected chi connectivity index (χ4v) is 3.39. The number of likely N-dealkylation sites (tertiary alicyclic amines) is 1. The van der Waals surface area contributed by atoms with Gasteiger partial charge in [-0.05, 0) is 18.1 Å². The van der Waals surface area contributed by atoms with Crippen molar-refractivity contribution in [1.29, 1.82) is 0 Å². The lowest BCUT2D eigenvalue weighted by atomic mass is 9.80. The fourth-order valence-electron chi connectivity index (χ4n) is 3.39. The van der Waals surface area contributed by atoms with E-state index < -0.39 is 4.92 Å². The van der Waals surface area contributed by atoms with Crippen molar-refractivity contribution in [1.82, 2.24) is 4.90 Å². The predicted octanol–water partition coefficient (Wildman–Crippen LogP) is 3.32. The summed E-state index contributed by atoms with van der Waals surface area (Å²) in [6, 6.07) is 16.4. The van der Waals surface area contributed by atoms with E-state index in [0.29, 0.717) is 0 Å². The topological polar surface area (TPSA) is 63.5 Å². The molecule has 2 aromatic carbocycles. The van der Waals surface area contributed by atoms with Crippen molar-refractivity contribution in [2.45, 2.75) is 24.8 Å². The quantitative estimate of drug-likeness (QED) is 0.645. The minimum absolute atomic E-state index is 0.0372. The summed E-state index contributed by atoms with van der Waals surface area (Å²) in [5.74, 6) is -0.214. The molecule has 1 fully saturated rings. The Labute approximate surface area is 134 Å². The van der Waals surface area contributed by atoms with Crippen molar-refractivity contribution in [2.24, 2.45) is 0 Å². The monoisotopic (exact) mass is 310 g/mol. The Balaban J connectivity index is 2.03. The second kappa shape index (κ2) is 5.83. The molecule has 1 unspecified atom stereocenters. The van der Waals surface area contributed by atoms with E-state index in [2.05, 4.69) is 0 Å². The lowest BCUT2D eigenvalue weighted by Crippen LogP contribution is -2.28. The molecule has 5 nitrogen and oxygen atoms in total. The third-order valence-electron chi connectivity index (χ3n) is 4.75. The number of hydrogen-bond donors (Lipinski definition) is 0.